The Kier molecular flexibility index (Phi) is 8.35. The number of hydrogen-bond donors (Lipinski definition) is 4. The fourth-order valence-corrected chi connectivity index (χ4v) is 1.73. The Morgan fingerprint density at radius 2 is 1.70 bits per heavy atom. The van der Waals surface area contributed by atoms with Crippen LogP contribution >= 0.6 is 0 Å². The molecule has 7 nitrogen and oxygen atoms in total. The van der Waals surface area contributed by atoms with E-state index in [1.807, 2.05) is 6.92 Å². The van der Waals surface area contributed by atoms with Crippen LogP contribution < -0.4 is 16.4 Å². The fraction of sp³-hybridized carbons (Fsp3) is 0.769. The smallest absolute Gasteiger partial charge is 0.326 e. The van der Waals surface area contributed by atoms with E-state index < -0.39 is 30.4 Å². The van der Waals surface area contributed by atoms with E-state index >= 15 is 0 Å². The minimum atomic E-state index is -1.30. The van der Waals surface area contributed by atoms with Gasteiger partial charge in [0.25, 0.3) is 0 Å². The zero-order chi connectivity index (χ0) is 15.7. The monoisotopic (exact) mass is 287 g/mol. The molecule has 3 amide bonds. The minimum Gasteiger partial charge on any atom is -0.480 e. The third kappa shape index (κ3) is 9.18. The normalized spacial score (nSPS) is 13.6. The summed E-state index contributed by atoms with van der Waals surface area (Å²) in [5, 5.41) is 13.7. The van der Waals surface area contributed by atoms with E-state index in [-0.39, 0.29) is 6.04 Å². The molecule has 5 N–H and O–H groups in total. The summed E-state index contributed by atoms with van der Waals surface area (Å²) in [6, 6.07) is -1.96. The molecule has 0 rings (SSSR count). The van der Waals surface area contributed by atoms with E-state index in [4.69, 9.17) is 10.8 Å². The molecular formula is C13H25N3O4. The summed E-state index contributed by atoms with van der Waals surface area (Å²) < 4.78 is 0. The molecule has 0 aliphatic heterocycles. The molecule has 0 aliphatic carbocycles. The molecule has 0 aromatic carbocycles. The third-order valence-electron chi connectivity index (χ3n) is 2.80. The van der Waals surface area contributed by atoms with Crippen molar-refractivity contribution in [1.29, 1.82) is 0 Å². The zero-order valence-electron chi connectivity index (χ0n) is 12.3. The Labute approximate surface area is 119 Å². The lowest BCUT2D eigenvalue weighted by Gasteiger charge is -2.18. The number of hydrogen-bond acceptors (Lipinski definition) is 3. The van der Waals surface area contributed by atoms with Gasteiger partial charge in [-0.3, -0.25) is 4.79 Å². The highest BCUT2D eigenvalue weighted by molar-refractivity contribution is 5.87. The molecule has 0 radical (unpaired) electrons. The van der Waals surface area contributed by atoms with Gasteiger partial charge in [0.2, 0.25) is 5.91 Å². The average Bonchev–Trinajstić information content (AvgIpc) is 2.26. The quantitative estimate of drug-likeness (QED) is 0.501. The van der Waals surface area contributed by atoms with Crippen molar-refractivity contribution in [1.82, 2.24) is 10.6 Å². The van der Waals surface area contributed by atoms with Gasteiger partial charge in [-0.1, -0.05) is 26.7 Å². The minimum absolute atomic E-state index is 0.0585. The van der Waals surface area contributed by atoms with Crippen molar-refractivity contribution in [2.45, 2.75) is 58.5 Å². The second-order valence-electron chi connectivity index (χ2n) is 5.40. The summed E-state index contributed by atoms with van der Waals surface area (Å²) in [5.41, 5.74) is 4.93. The first kappa shape index (κ1) is 18.2. The summed E-state index contributed by atoms with van der Waals surface area (Å²) in [6.07, 6.45) is 2.46. The van der Waals surface area contributed by atoms with Crippen LogP contribution in [0.4, 0.5) is 4.79 Å². The number of carboxylic acids is 1. The van der Waals surface area contributed by atoms with Crippen LogP contribution in [0, 0.1) is 5.92 Å². The van der Waals surface area contributed by atoms with E-state index in [0.29, 0.717) is 5.92 Å². The topological polar surface area (TPSA) is 122 Å². The van der Waals surface area contributed by atoms with Gasteiger partial charge in [-0.15, -0.1) is 0 Å². The molecule has 2 atom stereocenters. The Balaban J connectivity index is 4.11. The average molecular weight is 287 g/mol. The van der Waals surface area contributed by atoms with Crippen LogP contribution in [0.3, 0.4) is 0 Å². The maximum absolute atomic E-state index is 11.6. The molecule has 20 heavy (non-hydrogen) atoms. The van der Waals surface area contributed by atoms with Crippen molar-refractivity contribution >= 4 is 17.9 Å². The molecule has 0 aromatic rings. The predicted molar refractivity (Wildman–Crippen MR) is 75.1 cm³/mol. The standard InChI is InChI=1S/C13H25N3O4/c1-8(2)5-4-6-9(3)15-13(20)16-10(12(18)19)7-11(14)17/h8-10H,4-7H2,1-3H3,(H2,14,17)(H,18,19)(H2,15,16,20). The third-order valence-corrected chi connectivity index (χ3v) is 2.80. The number of carboxylic acid groups (broad SMARTS) is 1. The predicted octanol–water partition coefficient (Wildman–Crippen LogP) is 0.829. The number of primary amides is 1. The summed E-state index contributed by atoms with van der Waals surface area (Å²) in [6.45, 7) is 6.11. The molecule has 0 fully saturated rings. The molecular weight excluding hydrogens is 262 g/mol. The van der Waals surface area contributed by atoms with E-state index in [1.165, 1.54) is 0 Å². The van der Waals surface area contributed by atoms with Crippen LogP contribution in [-0.4, -0.2) is 35.1 Å². The first-order valence-electron chi connectivity index (χ1n) is 6.80. The Morgan fingerprint density at radius 1 is 1.10 bits per heavy atom. The van der Waals surface area contributed by atoms with Crippen molar-refractivity contribution < 1.29 is 19.5 Å². The Hall–Kier alpha value is -1.79. The lowest BCUT2D eigenvalue weighted by molar-refractivity contribution is -0.140. The largest absolute Gasteiger partial charge is 0.480 e. The number of nitrogens with one attached hydrogen (secondary N) is 2. The van der Waals surface area contributed by atoms with Gasteiger partial charge < -0.3 is 21.5 Å². The molecule has 0 aliphatic rings. The van der Waals surface area contributed by atoms with E-state index in [0.717, 1.165) is 19.3 Å². The van der Waals surface area contributed by atoms with Crippen LogP contribution in [0.5, 0.6) is 0 Å². The number of urea groups is 1. The molecule has 2 unspecified atom stereocenters. The number of amides is 3. The van der Waals surface area contributed by atoms with Gasteiger partial charge in [-0.25, -0.2) is 9.59 Å². The van der Waals surface area contributed by atoms with Gasteiger partial charge in [-0.2, -0.15) is 0 Å². The van der Waals surface area contributed by atoms with Crippen LogP contribution in [0.2, 0.25) is 0 Å². The van der Waals surface area contributed by atoms with Crippen LogP contribution in [-0.2, 0) is 9.59 Å². The summed E-state index contributed by atoms with van der Waals surface area (Å²) in [5.74, 6) is -1.45. The van der Waals surface area contributed by atoms with Gasteiger partial charge in [0.05, 0.1) is 6.42 Å². The lowest BCUT2D eigenvalue weighted by Crippen LogP contribution is -2.49. The van der Waals surface area contributed by atoms with Crippen molar-refractivity contribution in [3.63, 3.8) is 0 Å². The van der Waals surface area contributed by atoms with Crippen LogP contribution in [0.25, 0.3) is 0 Å². The summed E-state index contributed by atoms with van der Waals surface area (Å²) in [4.78, 5) is 33.2. The Bertz CT molecular complexity index is 345. The second kappa shape index (κ2) is 9.17. The molecule has 0 saturated carbocycles. The van der Waals surface area contributed by atoms with Gasteiger partial charge in [-0.05, 0) is 19.3 Å². The van der Waals surface area contributed by atoms with Crippen LogP contribution in [0.15, 0.2) is 0 Å². The number of nitrogens with two attached hydrogens (primary N) is 1. The molecule has 0 spiro atoms. The van der Waals surface area contributed by atoms with E-state index in [2.05, 4.69) is 24.5 Å². The molecule has 0 saturated heterocycles. The number of carbonyl (C=O) groups excluding carboxylic acids is 2. The zero-order valence-corrected chi connectivity index (χ0v) is 12.3. The second-order valence-corrected chi connectivity index (χ2v) is 5.40. The van der Waals surface area contributed by atoms with Crippen molar-refractivity contribution in [2.24, 2.45) is 11.7 Å². The maximum atomic E-state index is 11.6. The number of carbonyl (C=O) groups is 3. The SMILES string of the molecule is CC(C)CCCC(C)NC(=O)NC(CC(N)=O)C(=O)O. The van der Waals surface area contributed by atoms with Crippen molar-refractivity contribution in [3.05, 3.63) is 0 Å². The summed E-state index contributed by atoms with van der Waals surface area (Å²) in [7, 11) is 0. The molecule has 0 bridgehead atoms. The lowest BCUT2D eigenvalue weighted by atomic mass is 10.0. The van der Waals surface area contributed by atoms with Crippen molar-refractivity contribution in [2.75, 3.05) is 0 Å². The Morgan fingerprint density at radius 3 is 2.15 bits per heavy atom. The highest BCUT2D eigenvalue weighted by atomic mass is 16.4. The van der Waals surface area contributed by atoms with Gasteiger partial charge in [0.1, 0.15) is 6.04 Å². The van der Waals surface area contributed by atoms with E-state index in [1.54, 1.807) is 0 Å². The highest BCUT2D eigenvalue weighted by Gasteiger charge is 2.22. The number of aliphatic carboxylic acids is 1. The highest BCUT2D eigenvalue weighted by Crippen LogP contribution is 2.08. The molecule has 7 heteroatoms. The molecule has 0 heterocycles. The summed E-state index contributed by atoms with van der Waals surface area (Å²) >= 11 is 0. The first-order chi connectivity index (χ1) is 9.22. The van der Waals surface area contributed by atoms with Crippen LogP contribution in [0.1, 0.15) is 46.5 Å². The first-order valence-corrected chi connectivity index (χ1v) is 6.80. The van der Waals surface area contributed by atoms with Crippen molar-refractivity contribution in [3.8, 4) is 0 Å². The number of rotatable bonds is 9. The molecule has 116 valence electrons. The van der Waals surface area contributed by atoms with Gasteiger partial charge in [0.15, 0.2) is 0 Å². The molecule has 0 aromatic heterocycles. The van der Waals surface area contributed by atoms with E-state index in [9.17, 15) is 14.4 Å². The van der Waals surface area contributed by atoms with Gasteiger partial charge >= 0.3 is 12.0 Å². The fourth-order valence-electron chi connectivity index (χ4n) is 1.73. The maximum Gasteiger partial charge on any atom is 0.326 e. The van der Waals surface area contributed by atoms with Gasteiger partial charge in [0, 0.05) is 6.04 Å².